The topological polar surface area (TPSA) is 52.9 Å². The normalized spacial score (nSPS) is 15.0. The summed E-state index contributed by atoms with van der Waals surface area (Å²) >= 11 is 5.89. The van der Waals surface area contributed by atoms with Crippen molar-refractivity contribution in [3.8, 4) is 6.07 Å². The highest BCUT2D eigenvalue weighted by atomic mass is 35.5. The van der Waals surface area contributed by atoms with E-state index in [0.717, 1.165) is 18.4 Å². The first-order valence-electron chi connectivity index (χ1n) is 6.72. The summed E-state index contributed by atoms with van der Waals surface area (Å²) in [5.41, 5.74) is 1.52. The van der Waals surface area contributed by atoms with E-state index in [-0.39, 0.29) is 5.91 Å². The van der Waals surface area contributed by atoms with Gasteiger partial charge >= 0.3 is 0 Å². The van der Waals surface area contributed by atoms with Gasteiger partial charge in [-0.1, -0.05) is 35.9 Å². The summed E-state index contributed by atoms with van der Waals surface area (Å²) in [6, 6.07) is 16.5. The number of nitriles is 1. The molecule has 0 spiro atoms. The van der Waals surface area contributed by atoms with E-state index in [1.807, 2.05) is 12.1 Å². The van der Waals surface area contributed by atoms with Crippen molar-refractivity contribution in [2.45, 2.75) is 18.3 Å². The number of amides is 1. The summed E-state index contributed by atoms with van der Waals surface area (Å²) in [4.78, 5) is 12.6. The van der Waals surface area contributed by atoms with Crippen LogP contribution < -0.4 is 5.32 Å². The van der Waals surface area contributed by atoms with Gasteiger partial charge in [0.25, 0.3) is 0 Å². The highest BCUT2D eigenvalue weighted by Gasteiger charge is 2.51. The molecule has 0 saturated heterocycles. The zero-order valence-corrected chi connectivity index (χ0v) is 12.0. The van der Waals surface area contributed by atoms with Gasteiger partial charge in [0.15, 0.2) is 0 Å². The van der Waals surface area contributed by atoms with Crippen LogP contribution in [0.25, 0.3) is 0 Å². The number of rotatable bonds is 3. The molecule has 0 unspecified atom stereocenters. The Hall–Kier alpha value is -2.31. The number of nitrogens with zero attached hydrogens (tertiary/aromatic N) is 1. The van der Waals surface area contributed by atoms with Gasteiger partial charge in [0, 0.05) is 5.02 Å². The van der Waals surface area contributed by atoms with Crippen LogP contribution in [0.4, 0.5) is 5.69 Å². The highest BCUT2D eigenvalue weighted by molar-refractivity contribution is 6.30. The Labute approximate surface area is 128 Å². The second-order valence-corrected chi connectivity index (χ2v) is 5.64. The highest BCUT2D eigenvalue weighted by Crippen LogP contribution is 2.49. The van der Waals surface area contributed by atoms with Crippen molar-refractivity contribution in [3.63, 3.8) is 0 Å². The third kappa shape index (κ3) is 2.51. The number of carbonyl (C=O) groups is 1. The van der Waals surface area contributed by atoms with Crippen LogP contribution in [0.2, 0.25) is 5.02 Å². The Morgan fingerprint density at radius 3 is 2.43 bits per heavy atom. The maximum atomic E-state index is 12.6. The minimum Gasteiger partial charge on any atom is -0.324 e. The summed E-state index contributed by atoms with van der Waals surface area (Å²) in [5.74, 6) is -0.0625. The molecule has 1 aliphatic rings. The third-order valence-corrected chi connectivity index (χ3v) is 4.13. The third-order valence-electron chi connectivity index (χ3n) is 3.88. The van der Waals surface area contributed by atoms with Crippen molar-refractivity contribution in [1.29, 1.82) is 5.26 Å². The van der Waals surface area contributed by atoms with E-state index in [9.17, 15) is 4.79 Å². The van der Waals surface area contributed by atoms with E-state index in [1.165, 1.54) is 0 Å². The number of anilines is 1. The van der Waals surface area contributed by atoms with Gasteiger partial charge < -0.3 is 5.32 Å². The molecule has 0 heterocycles. The molecule has 1 saturated carbocycles. The molecule has 1 fully saturated rings. The van der Waals surface area contributed by atoms with Gasteiger partial charge in [-0.05, 0) is 42.7 Å². The molecule has 0 radical (unpaired) electrons. The lowest BCUT2D eigenvalue weighted by atomic mass is 9.95. The van der Waals surface area contributed by atoms with Crippen LogP contribution in [0.3, 0.4) is 0 Å². The first-order valence-corrected chi connectivity index (χ1v) is 7.10. The molecule has 0 aliphatic heterocycles. The molecule has 104 valence electrons. The maximum absolute atomic E-state index is 12.6. The zero-order valence-electron chi connectivity index (χ0n) is 11.3. The van der Waals surface area contributed by atoms with E-state index >= 15 is 0 Å². The molecule has 1 amide bonds. The Kier molecular flexibility index (Phi) is 3.40. The van der Waals surface area contributed by atoms with Crippen molar-refractivity contribution in [1.82, 2.24) is 0 Å². The lowest BCUT2D eigenvalue weighted by Crippen LogP contribution is -2.28. The molecular formula is C17H13ClN2O. The SMILES string of the molecule is N#Cc1ccccc1NC(=O)C1(c2ccc(Cl)cc2)CC1. The van der Waals surface area contributed by atoms with E-state index < -0.39 is 5.41 Å². The van der Waals surface area contributed by atoms with Gasteiger partial charge in [0.05, 0.1) is 16.7 Å². The van der Waals surface area contributed by atoms with Crippen molar-refractivity contribution in [3.05, 3.63) is 64.7 Å². The fraction of sp³-hybridized carbons (Fsp3) is 0.176. The lowest BCUT2D eigenvalue weighted by molar-refractivity contribution is -0.118. The Balaban J connectivity index is 1.86. The average Bonchev–Trinajstić information content (AvgIpc) is 3.30. The van der Waals surface area contributed by atoms with Crippen LogP contribution in [-0.4, -0.2) is 5.91 Å². The van der Waals surface area contributed by atoms with Gasteiger partial charge in [-0.15, -0.1) is 0 Å². The summed E-state index contributed by atoms with van der Waals surface area (Å²) in [6.07, 6.45) is 1.63. The Bertz CT molecular complexity index is 727. The summed E-state index contributed by atoms with van der Waals surface area (Å²) < 4.78 is 0. The molecular weight excluding hydrogens is 284 g/mol. The number of carbonyl (C=O) groups excluding carboxylic acids is 1. The molecule has 4 heteroatoms. The predicted molar refractivity (Wildman–Crippen MR) is 82.2 cm³/mol. The Morgan fingerprint density at radius 1 is 1.14 bits per heavy atom. The Morgan fingerprint density at radius 2 is 1.81 bits per heavy atom. The second kappa shape index (κ2) is 5.23. The lowest BCUT2D eigenvalue weighted by Gasteiger charge is -2.16. The van der Waals surface area contributed by atoms with Crippen LogP contribution >= 0.6 is 11.6 Å². The first-order chi connectivity index (χ1) is 10.2. The summed E-state index contributed by atoms with van der Waals surface area (Å²) in [5, 5.41) is 12.6. The molecule has 1 aliphatic carbocycles. The fourth-order valence-electron chi connectivity index (χ4n) is 2.47. The van der Waals surface area contributed by atoms with Gasteiger partial charge in [-0.2, -0.15) is 5.26 Å². The molecule has 2 aromatic rings. The molecule has 2 aromatic carbocycles. The number of halogens is 1. The molecule has 1 N–H and O–H groups in total. The average molecular weight is 297 g/mol. The molecule has 0 bridgehead atoms. The molecule has 0 aromatic heterocycles. The van der Waals surface area contributed by atoms with Crippen LogP contribution in [-0.2, 0) is 10.2 Å². The number of para-hydroxylation sites is 1. The van der Waals surface area contributed by atoms with E-state index in [0.29, 0.717) is 16.3 Å². The van der Waals surface area contributed by atoms with Crippen LogP contribution in [0.1, 0.15) is 24.0 Å². The molecule has 0 atom stereocenters. The summed E-state index contributed by atoms with van der Waals surface area (Å²) in [7, 11) is 0. The van der Waals surface area contributed by atoms with Crippen LogP contribution in [0, 0.1) is 11.3 Å². The largest absolute Gasteiger partial charge is 0.324 e. The zero-order chi connectivity index (χ0) is 14.9. The quantitative estimate of drug-likeness (QED) is 0.934. The van der Waals surface area contributed by atoms with E-state index in [4.69, 9.17) is 16.9 Å². The first kappa shape index (κ1) is 13.7. The molecule has 3 nitrogen and oxygen atoms in total. The number of hydrogen-bond acceptors (Lipinski definition) is 2. The van der Waals surface area contributed by atoms with E-state index in [1.54, 1.807) is 36.4 Å². The van der Waals surface area contributed by atoms with Gasteiger partial charge in [0.1, 0.15) is 6.07 Å². The van der Waals surface area contributed by atoms with Crippen molar-refractivity contribution in [2.75, 3.05) is 5.32 Å². The molecule has 3 rings (SSSR count). The van der Waals surface area contributed by atoms with Crippen LogP contribution in [0.5, 0.6) is 0 Å². The minimum absolute atomic E-state index is 0.0625. The predicted octanol–water partition coefficient (Wildman–Crippen LogP) is 3.88. The van der Waals surface area contributed by atoms with Crippen molar-refractivity contribution >= 4 is 23.2 Å². The summed E-state index contributed by atoms with van der Waals surface area (Å²) in [6.45, 7) is 0. The van der Waals surface area contributed by atoms with Crippen molar-refractivity contribution in [2.24, 2.45) is 0 Å². The van der Waals surface area contributed by atoms with Crippen LogP contribution in [0.15, 0.2) is 48.5 Å². The smallest absolute Gasteiger partial charge is 0.235 e. The maximum Gasteiger partial charge on any atom is 0.235 e. The molecule has 21 heavy (non-hydrogen) atoms. The number of hydrogen-bond donors (Lipinski definition) is 1. The monoisotopic (exact) mass is 296 g/mol. The van der Waals surface area contributed by atoms with Gasteiger partial charge in [-0.3, -0.25) is 4.79 Å². The standard InChI is InChI=1S/C17H13ClN2O/c18-14-7-5-13(6-8-14)17(9-10-17)16(21)20-15-4-2-1-3-12(15)11-19/h1-8H,9-10H2,(H,20,21). The minimum atomic E-state index is -0.479. The number of benzene rings is 2. The fourth-order valence-corrected chi connectivity index (χ4v) is 2.60. The van der Waals surface area contributed by atoms with Crippen molar-refractivity contribution < 1.29 is 4.79 Å². The van der Waals surface area contributed by atoms with E-state index in [2.05, 4.69) is 11.4 Å². The van der Waals surface area contributed by atoms with Gasteiger partial charge in [0.2, 0.25) is 5.91 Å². The number of nitrogens with one attached hydrogen (secondary N) is 1. The second-order valence-electron chi connectivity index (χ2n) is 5.20. The van der Waals surface area contributed by atoms with Gasteiger partial charge in [-0.25, -0.2) is 0 Å².